The maximum atomic E-state index is 13.2. The maximum Gasteiger partial charge on any atom is 0.275 e. The number of aliphatic hydroxyl groups excluding tert-OH is 2. The Balaban J connectivity index is 1.47. The summed E-state index contributed by atoms with van der Waals surface area (Å²) in [7, 11) is 0. The number of ether oxygens (including phenoxy) is 1. The van der Waals surface area contributed by atoms with E-state index >= 15 is 0 Å². The van der Waals surface area contributed by atoms with Crippen LogP contribution in [-0.2, 0) is 4.74 Å². The van der Waals surface area contributed by atoms with Crippen LogP contribution in [0.15, 0.2) is 43.0 Å². The van der Waals surface area contributed by atoms with Crippen LogP contribution in [-0.4, -0.2) is 65.4 Å². The van der Waals surface area contributed by atoms with Crippen molar-refractivity contribution < 1.29 is 19.7 Å². The Morgan fingerprint density at radius 2 is 1.93 bits per heavy atom. The van der Waals surface area contributed by atoms with E-state index in [1.54, 1.807) is 11.8 Å². The Labute approximate surface area is 166 Å². The quantitative estimate of drug-likeness (QED) is 0.681. The molecule has 150 valence electrons. The van der Waals surface area contributed by atoms with Gasteiger partial charge in [-0.05, 0) is 18.9 Å². The highest BCUT2D eigenvalue weighted by atomic mass is 16.6. The molecule has 0 aliphatic carbocycles. The largest absolute Gasteiger partial charge is 0.388 e. The normalized spacial score (nSPS) is 29.2. The zero-order chi connectivity index (χ0) is 20.1. The number of likely N-dealkylation sites (tertiary alicyclic amines) is 1. The average molecular weight is 395 g/mol. The second kappa shape index (κ2) is 6.87. The Morgan fingerprint density at radius 1 is 1.14 bits per heavy atom. The molecule has 0 radical (unpaired) electrons. The van der Waals surface area contributed by atoms with Crippen LogP contribution >= 0.6 is 0 Å². The molecule has 29 heavy (non-hydrogen) atoms. The van der Waals surface area contributed by atoms with Crippen LogP contribution in [0.2, 0.25) is 0 Å². The van der Waals surface area contributed by atoms with E-state index in [0.29, 0.717) is 17.7 Å². The highest BCUT2D eigenvalue weighted by Crippen LogP contribution is 2.35. The monoisotopic (exact) mass is 395 g/mol. The first-order valence-electron chi connectivity index (χ1n) is 9.61. The van der Waals surface area contributed by atoms with Gasteiger partial charge in [-0.2, -0.15) is 0 Å². The molecule has 9 nitrogen and oxygen atoms in total. The van der Waals surface area contributed by atoms with Crippen molar-refractivity contribution in [3.8, 4) is 0 Å². The van der Waals surface area contributed by atoms with E-state index in [9.17, 15) is 15.0 Å². The van der Waals surface area contributed by atoms with Crippen molar-refractivity contribution in [1.29, 1.82) is 0 Å². The maximum absolute atomic E-state index is 13.2. The molecule has 0 saturated carbocycles. The average Bonchev–Trinajstić information content (AvgIpc) is 3.24. The number of carbonyl (C=O) groups excluding carboxylic acids is 1. The third-order valence-electron chi connectivity index (χ3n) is 5.78. The second-order valence-corrected chi connectivity index (χ2v) is 7.47. The minimum atomic E-state index is -1.12. The lowest BCUT2D eigenvalue weighted by molar-refractivity contribution is -0.0299. The number of aliphatic hydroxyl groups is 2. The highest BCUT2D eigenvalue weighted by molar-refractivity contribution is 6.02. The number of amides is 1. The van der Waals surface area contributed by atoms with Crippen molar-refractivity contribution in [1.82, 2.24) is 24.4 Å². The summed E-state index contributed by atoms with van der Waals surface area (Å²) in [4.78, 5) is 27.7. The highest BCUT2D eigenvalue weighted by Gasteiger charge is 2.42. The molecule has 2 fully saturated rings. The van der Waals surface area contributed by atoms with Crippen molar-refractivity contribution in [2.75, 3.05) is 6.54 Å². The Hall–Kier alpha value is -2.88. The molecule has 1 unspecified atom stereocenters. The van der Waals surface area contributed by atoms with Gasteiger partial charge in [0.15, 0.2) is 17.6 Å². The third kappa shape index (κ3) is 2.81. The zero-order valence-electron chi connectivity index (χ0n) is 15.8. The van der Waals surface area contributed by atoms with Crippen molar-refractivity contribution in [3.63, 3.8) is 0 Å². The molecule has 2 aliphatic rings. The molecule has 1 aromatic carbocycles. The van der Waals surface area contributed by atoms with Gasteiger partial charge in [-0.25, -0.2) is 15.0 Å². The summed E-state index contributed by atoms with van der Waals surface area (Å²) in [6.45, 7) is 2.34. The number of nitrogens with zero attached hydrogens (tertiary/aromatic N) is 5. The molecule has 2 aromatic heterocycles. The lowest BCUT2D eigenvalue weighted by Gasteiger charge is -2.41. The molecule has 1 amide bonds. The lowest BCUT2D eigenvalue weighted by Crippen LogP contribution is -2.45. The smallest absolute Gasteiger partial charge is 0.275 e. The summed E-state index contributed by atoms with van der Waals surface area (Å²) in [5.41, 5.74) is 2.04. The number of carbonyl (C=O) groups is 1. The number of imidazole rings is 1. The molecular weight excluding hydrogens is 374 g/mol. The number of rotatable bonds is 3. The van der Waals surface area contributed by atoms with E-state index in [1.807, 2.05) is 30.3 Å². The van der Waals surface area contributed by atoms with E-state index in [2.05, 4.69) is 15.0 Å². The summed E-state index contributed by atoms with van der Waals surface area (Å²) in [6, 6.07) is 9.92. The molecule has 2 N–H and O–H groups in total. The van der Waals surface area contributed by atoms with E-state index in [0.717, 1.165) is 12.0 Å². The summed E-state index contributed by atoms with van der Waals surface area (Å²) in [6.07, 6.45) is 0.191. The molecule has 2 aliphatic heterocycles. The van der Waals surface area contributed by atoms with E-state index in [1.165, 1.54) is 17.2 Å². The first-order valence-corrected chi connectivity index (χ1v) is 9.61. The number of fused-ring (bicyclic) bond motifs is 1. The first-order chi connectivity index (χ1) is 14.1. The fraction of sp³-hybridized carbons (Fsp3) is 0.400. The van der Waals surface area contributed by atoms with Gasteiger partial charge in [0.05, 0.1) is 18.5 Å². The van der Waals surface area contributed by atoms with Crippen LogP contribution in [0.1, 0.15) is 41.7 Å². The van der Waals surface area contributed by atoms with Gasteiger partial charge in [0.2, 0.25) is 0 Å². The Bertz CT molecular complexity index is 1060. The summed E-state index contributed by atoms with van der Waals surface area (Å²) < 4.78 is 7.20. The van der Waals surface area contributed by atoms with E-state index < -0.39 is 24.5 Å². The summed E-state index contributed by atoms with van der Waals surface area (Å²) in [5.74, 6) is -0.205. The summed E-state index contributed by atoms with van der Waals surface area (Å²) in [5, 5.41) is 20.3. The van der Waals surface area contributed by atoms with Gasteiger partial charge >= 0.3 is 0 Å². The number of hydrogen-bond acceptors (Lipinski definition) is 7. The van der Waals surface area contributed by atoms with Crippen LogP contribution in [0.4, 0.5) is 0 Å². The Kier molecular flexibility index (Phi) is 4.30. The van der Waals surface area contributed by atoms with Crippen LogP contribution in [0.3, 0.4) is 0 Å². The van der Waals surface area contributed by atoms with Gasteiger partial charge in [0.1, 0.15) is 24.1 Å². The first kappa shape index (κ1) is 18.2. The zero-order valence-corrected chi connectivity index (χ0v) is 15.8. The molecule has 5 rings (SSSR count). The predicted octanol–water partition coefficient (Wildman–Crippen LogP) is 1.05. The van der Waals surface area contributed by atoms with Gasteiger partial charge in [-0.3, -0.25) is 9.36 Å². The molecule has 4 heterocycles. The van der Waals surface area contributed by atoms with Crippen LogP contribution in [0.25, 0.3) is 11.2 Å². The van der Waals surface area contributed by atoms with Crippen molar-refractivity contribution >= 4 is 17.1 Å². The topological polar surface area (TPSA) is 114 Å². The minimum Gasteiger partial charge on any atom is -0.388 e. The van der Waals surface area contributed by atoms with E-state index in [4.69, 9.17) is 4.74 Å². The molecule has 9 heteroatoms. The standard InChI is InChI=1S/C20H21N5O4/c1-11-16(26)17(27)20(29-11)25-10-23-14-15(21-9-22-18(14)25)19(28)24-8-7-13(24)12-5-3-2-4-6-12/h2-6,9-11,13,16-17,20,26-27H,7-8H2,1H3/t11-,13?,16-,17-,20-/m1/s1. The predicted molar refractivity (Wildman–Crippen MR) is 102 cm³/mol. The molecular formula is C20H21N5O4. The van der Waals surface area contributed by atoms with Gasteiger partial charge < -0.3 is 19.8 Å². The molecule has 0 bridgehead atoms. The van der Waals surface area contributed by atoms with Crippen molar-refractivity contribution in [3.05, 3.63) is 54.2 Å². The second-order valence-electron chi connectivity index (χ2n) is 7.47. The van der Waals surface area contributed by atoms with Gasteiger partial charge in [-0.1, -0.05) is 30.3 Å². The molecule has 0 spiro atoms. The van der Waals surface area contributed by atoms with E-state index in [-0.39, 0.29) is 17.6 Å². The van der Waals surface area contributed by atoms with Crippen LogP contribution in [0.5, 0.6) is 0 Å². The fourth-order valence-electron chi connectivity index (χ4n) is 4.04. The Morgan fingerprint density at radius 3 is 2.59 bits per heavy atom. The molecule has 2 saturated heterocycles. The SMILES string of the molecule is C[C@H]1O[C@@H](n2cnc3c(C(=O)N4CCC4c4ccccc4)ncnc32)[C@H](O)[C@@H]1O. The fourth-order valence-corrected chi connectivity index (χ4v) is 4.04. The van der Waals surface area contributed by atoms with Crippen molar-refractivity contribution in [2.45, 2.75) is 43.9 Å². The summed E-state index contributed by atoms with van der Waals surface area (Å²) >= 11 is 0. The number of aromatic nitrogens is 4. The lowest BCUT2D eigenvalue weighted by atomic mass is 9.94. The van der Waals surface area contributed by atoms with Crippen LogP contribution in [0, 0.1) is 0 Å². The molecule has 5 atom stereocenters. The van der Waals surface area contributed by atoms with Gasteiger partial charge in [0.25, 0.3) is 5.91 Å². The minimum absolute atomic E-state index is 0.0202. The van der Waals surface area contributed by atoms with Gasteiger partial charge in [0, 0.05) is 6.54 Å². The van der Waals surface area contributed by atoms with Gasteiger partial charge in [-0.15, -0.1) is 0 Å². The van der Waals surface area contributed by atoms with Crippen LogP contribution < -0.4 is 0 Å². The van der Waals surface area contributed by atoms with Crippen molar-refractivity contribution in [2.24, 2.45) is 0 Å². The number of benzene rings is 1. The third-order valence-corrected chi connectivity index (χ3v) is 5.78. The number of hydrogen-bond donors (Lipinski definition) is 2. The molecule has 3 aromatic rings.